The SMILES string of the molecule is CCOCCNC(=O)Cc1ccc(N)cn1.Cl. The van der Waals surface area contributed by atoms with Crippen molar-refractivity contribution in [2.75, 3.05) is 25.5 Å². The number of aromatic nitrogens is 1. The van der Waals surface area contributed by atoms with Gasteiger partial charge in [-0.25, -0.2) is 0 Å². The number of anilines is 1. The predicted octanol–water partition coefficient (Wildman–Crippen LogP) is 0.781. The second-order valence-corrected chi connectivity index (χ2v) is 3.31. The van der Waals surface area contributed by atoms with E-state index >= 15 is 0 Å². The molecule has 1 aromatic heterocycles. The number of amides is 1. The first-order valence-corrected chi connectivity index (χ1v) is 5.27. The van der Waals surface area contributed by atoms with E-state index in [4.69, 9.17) is 10.5 Å². The maximum Gasteiger partial charge on any atom is 0.226 e. The maximum atomic E-state index is 11.4. The smallest absolute Gasteiger partial charge is 0.226 e. The van der Waals surface area contributed by atoms with Gasteiger partial charge in [-0.1, -0.05) is 0 Å². The first-order valence-electron chi connectivity index (χ1n) is 5.27. The number of nitrogens with two attached hydrogens (primary N) is 1. The highest BCUT2D eigenvalue weighted by atomic mass is 35.5. The van der Waals surface area contributed by atoms with E-state index in [1.807, 2.05) is 6.92 Å². The van der Waals surface area contributed by atoms with Crippen molar-refractivity contribution in [1.82, 2.24) is 10.3 Å². The Hall–Kier alpha value is -1.33. The molecule has 0 spiro atoms. The molecule has 0 aliphatic heterocycles. The standard InChI is InChI=1S/C11H17N3O2.ClH/c1-2-16-6-5-13-11(15)7-10-4-3-9(12)8-14-10;/h3-4,8H,2,5-7,12H2,1H3,(H,13,15);1H. The number of rotatable bonds is 6. The molecule has 5 nitrogen and oxygen atoms in total. The molecule has 17 heavy (non-hydrogen) atoms. The summed E-state index contributed by atoms with van der Waals surface area (Å²) in [6.45, 7) is 3.65. The highest BCUT2D eigenvalue weighted by Crippen LogP contribution is 2.01. The van der Waals surface area contributed by atoms with Crippen LogP contribution in [-0.2, 0) is 16.0 Å². The minimum atomic E-state index is -0.0584. The highest BCUT2D eigenvalue weighted by Gasteiger charge is 2.03. The van der Waals surface area contributed by atoms with Crippen LogP contribution in [0.1, 0.15) is 12.6 Å². The van der Waals surface area contributed by atoms with E-state index < -0.39 is 0 Å². The molecule has 3 N–H and O–H groups in total. The lowest BCUT2D eigenvalue weighted by Gasteiger charge is -2.05. The van der Waals surface area contributed by atoms with Gasteiger partial charge in [0.15, 0.2) is 0 Å². The zero-order valence-corrected chi connectivity index (χ0v) is 10.6. The summed E-state index contributed by atoms with van der Waals surface area (Å²) in [4.78, 5) is 15.5. The number of nitrogen functional groups attached to an aromatic ring is 1. The van der Waals surface area contributed by atoms with E-state index in [0.29, 0.717) is 31.1 Å². The third-order valence-electron chi connectivity index (χ3n) is 1.96. The maximum absolute atomic E-state index is 11.4. The van der Waals surface area contributed by atoms with Gasteiger partial charge in [-0.2, -0.15) is 0 Å². The van der Waals surface area contributed by atoms with Gasteiger partial charge in [0, 0.05) is 18.8 Å². The lowest BCUT2D eigenvalue weighted by atomic mass is 10.2. The van der Waals surface area contributed by atoms with Gasteiger partial charge in [-0.15, -0.1) is 12.4 Å². The molecule has 0 fully saturated rings. The Morgan fingerprint density at radius 1 is 1.53 bits per heavy atom. The Morgan fingerprint density at radius 3 is 2.88 bits per heavy atom. The third kappa shape index (κ3) is 6.76. The number of pyridine rings is 1. The molecule has 0 saturated heterocycles. The fourth-order valence-corrected chi connectivity index (χ4v) is 1.17. The summed E-state index contributed by atoms with van der Waals surface area (Å²) in [5, 5.41) is 2.75. The van der Waals surface area contributed by atoms with Gasteiger partial charge in [-0.3, -0.25) is 9.78 Å². The summed E-state index contributed by atoms with van der Waals surface area (Å²) in [6.07, 6.45) is 1.81. The third-order valence-corrected chi connectivity index (χ3v) is 1.96. The summed E-state index contributed by atoms with van der Waals surface area (Å²) in [5.74, 6) is -0.0584. The summed E-state index contributed by atoms with van der Waals surface area (Å²) in [6, 6.07) is 3.48. The number of ether oxygens (including phenoxy) is 1. The molecular formula is C11H18ClN3O2. The lowest BCUT2D eigenvalue weighted by molar-refractivity contribution is -0.120. The summed E-state index contributed by atoms with van der Waals surface area (Å²) < 4.78 is 5.10. The molecular weight excluding hydrogens is 242 g/mol. The fourth-order valence-electron chi connectivity index (χ4n) is 1.17. The summed E-state index contributed by atoms with van der Waals surface area (Å²) in [7, 11) is 0. The van der Waals surface area contributed by atoms with Crippen LogP contribution in [0.5, 0.6) is 0 Å². The molecule has 0 aliphatic rings. The fraction of sp³-hybridized carbons (Fsp3) is 0.455. The number of carbonyl (C=O) groups is 1. The predicted molar refractivity (Wildman–Crippen MR) is 69.1 cm³/mol. The van der Waals surface area contributed by atoms with E-state index in [2.05, 4.69) is 10.3 Å². The Morgan fingerprint density at radius 2 is 2.29 bits per heavy atom. The van der Waals surface area contributed by atoms with Crippen molar-refractivity contribution in [2.24, 2.45) is 0 Å². The Kier molecular flexibility index (Phi) is 8.09. The first kappa shape index (κ1) is 15.7. The zero-order valence-electron chi connectivity index (χ0n) is 9.81. The normalized spacial score (nSPS) is 9.47. The van der Waals surface area contributed by atoms with Crippen molar-refractivity contribution < 1.29 is 9.53 Å². The monoisotopic (exact) mass is 259 g/mol. The first-order chi connectivity index (χ1) is 7.72. The number of hydrogen-bond acceptors (Lipinski definition) is 4. The quantitative estimate of drug-likeness (QED) is 0.740. The Balaban J connectivity index is 0.00000256. The van der Waals surface area contributed by atoms with Crippen LogP contribution in [0.25, 0.3) is 0 Å². The van der Waals surface area contributed by atoms with Crippen LogP contribution in [0.15, 0.2) is 18.3 Å². The minimum Gasteiger partial charge on any atom is -0.397 e. The van der Waals surface area contributed by atoms with E-state index in [9.17, 15) is 4.79 Å². The molecule has 1 aromatic rings. The molecule has 0 aromatic carbocycles. The topological polar surface area (TPSA) is 77.2 Å². The largest absolute Gasteiger partial charge is 0.397 e. The molecule has 0 saturated carbocycles. The van der Waals surface area contributed by atoms with Crippen molar-refractivity contribution >= 4 is 24.0 Å². The van der Waals surface area contributed by atoms with Gasteiger partial charge in [0.2, 0.25) is 5.91 Å². The molecule has 0 aliphatic carbocycles. The molecule has 1 heterocycles. The number of nitrogens with one attached hydrogen (secondary N) is 1. The molecule has 0 bridgehead atoms. The minimum absolute atomic E-state index is 0. The summed E-state index contributed by atoms with van der Waals surface area (Å²) in [5.41, 5.74) is 6.80. The van der Waals surface area contributed by atoms with Crippen LogP contribution < -0.4 is 11.1 Å². The van der Waals surface area contributed by atoms with E-state index in [1.54, 1.807) is 18.3 Å². The van der Waals surface area contributed by atoms with Crippen LogP contribution in [0.2, 0.25) is 0 Å². The Bertz CT molecular complexity index is 330. The van der Waals surface area contributed by atoms with Gasteiger partial charge in [-0.05, 0) is 19.1 Å². The van der Waals surface area contributed by atoms with Crippen LogP contribution in [0.4, 0.5) is 5.69 Å². The van der Waals surface area contributed by atoms with Crippen molar-refractivity contribution in [3.05, 3.63) is 24.0 Å². The molecule has 1 rings (SSSR count). The second-order valence-electron chi connectivity index (χ2n) is 3.31. The number of carbonyl (C=O) groups excluding carboxylic acids is 1. The molecule has 0 atom stereocenters. The second kappa shape index (κ2) is 8.78. The van der Waals surface area contributed by atoms with E-state index in [0.717, 1.165) is 0 Å². The Labute approximate surface area is 107 Å². The molecule has 6 heteroatoms. The average molecular weight is 260 g/mol. The van der Waals surface area contributed by atoms with Crippen LogP contribution >= 0.6 is 12.4 Å². The number of nitrogens with zero attached hydrogens (tertiary/aromatic N) is 1. The zero-order chi connectivity index (χ0) is 11.8. The molecule has 96 valence electrons. The van der Waals surface area contributed by atoms with E-state index in [1.165, 1.54) is 0 Å². The molecule has 1 amide bonds. The number of hydrogen-bond donors (Lipinski definition) is 2. The van der Waals surface area contributed by atoms with Crippen LogP contribution in [0.3, 0.4) is 0 Å². The van der Waals surface area contributed by atoms with Crippen molar-refractivity contribution in [2.45, 2.75) is 13.3 Å². The van der Waals surface area contributed by atoms with Crippen molar-refractivity contribution in [3.63, 3.8) is 0 Å². The van der Waals surface area contributed by atoms with Crippen LogP contribution in [-0.4, -0.2) is 30.6 Å². The van der Waals surface area contributed by atoms with Gasteiger partial charge >= 0.3 is 0 Å². The highest BCUT2D eigenvalue weighted by molar-refractivity contribution is 5.85. The van der Waals surface area contributed by atoms with Gasteiger partial charge in [0.25, 0.3) is 0 Å². The van der Waals surface area contributed by atoms with E-state index in [-0.39, 0.29) is 24.7 Å². The van der Waals surface area contributed by atoms with Gasteiger partial charge < -0.3 is 15.8 Å². The molecule has 0 unspecified atom stereocenters. The van der Waals surface area contributed by atoms with Crippen molar-refractivity contribution in [1.29, 1.82) is 0 Å². The summed E-state index contributed by atoms with van der Waals surface area (Å²) >= 11 is 0. The van der Waals surface area contributed by atoms with Gasteiger partial charge in [0.05, 0.1) is 24.9 Å². The van der Waals surface area contributed by atoms with Crippen LogP contribution in [0, 0.1) is 0 Å². The average Bonchev–Trinajstić information content (AvgIpc) is 2.28. The lowest BCUT2D eigenvalue weighted by Crippen LogP contribution is -2.28. The molecule has 0 radical (unpaired) electrons. The van der Waals surface area contributed by atoms with Gasteiger partial charge in [0.1, 0.15) is 0 Å². The van der Waals surface area contributed by atoms with Crippen molar-refractivity contribution in [3.8, 4) is 0 Å². The number of halogens is 1.